The number of nitro benzene ring substituents is 1. The van der Waals surface area contributed by atoms with Crippen LogP contribution in [0.3, 0.4) is 0 Å². The summed E-state index contributed by atoms with van der Waals surface area (Å²) in [7, 11) is 0. The molecule has 1 aliphatic carbocycles. The van der Waals surface area contributed by atoms with Crippen LogP contribution in [0.5, 0.6) is 0 Å². The van der Waals surface area contributed by atoms with E-state index in [1.54, 1.807) is 6.07 Å². The first kappa shape index (κ1) is 14.8. The molecule has 1 saturated carbocycles. The first-order valence-electron chi connectivity index (χ1n) is 8.20. The molecule has 0 amide bonds. The van der Waals surface area contributed by atoms with E-state index in [2.05, 4.69) is 11.2 Å². The van der Waals surface area contributed by atoms with Gasteiger partial charge in [0.25, 0.3) is 5.69 Å². The van der Waals surface area contributed by atoms with E-state index >= 15 is 0 Å². The number of aryl methyl sites for hydroxylation is 1. The first-order valence-corrected chi connectivity index (χ1v) is 8.20. The lowest BCUT2D eigenvalue weighted by molar-refractivity contribution is -0.383. The Labute approximate surface area is 139 Å². The van der Waals surface area contributed by atoms with Crippen LogP contribution in [0.25, 0.3) is 10.9 Å². The molecule has 1 fully saturated rings. The van der Waals surface area contributed by atoms with Gasteiger partial charge in [0.15, 0.2) is 0 Å². The predicted molar refractivity (Wildman–Crippen MR) is 91.1 cm³/mol. The molecule has 6 nitrogen and oxygen atoms in total. The molecule has 0 radical (unpaired) electrons. The van der Waals surface area contributed by atoms with E-state index in [4.69, 9.17) is 4.98 Å². The standard InChI is InChI=1S/C18H18N4O2/c1-12-18-16(9-4-10-17(18)22(23)24)21(20-12)11-14-7-3-8-15(19-14)13-5-2-6-13/h3-4,7-10,13H,2,5-6,11H2,1H3. The summed E-state index contributed by atoms with van der Waals surface area (Å²) in [5.74, 6) is 0.585. The number of pyridine rings is 1. The number of hydrogen-bond donors (Lipinski definition) is 0. The van der Waals surface area contributed by atoms with E-state index < -0.39 is 0 Å². The second-order valence-corrected chi connectivity index (χ2v) is 6.35. The van der Waals surface area contributed by atoms with E-state index in [1.165, 1.54) is 25.3 Å². The summed E-state index contributed by atoms with van der Waals surface area (Å²) >= 11 is 0. The molecule has 0 aliphatic heterocycles. The van der Waals surface area contributed by atoms with E-state index in [1.807, 2.05) is 29.8 Å². The molecular weight excluding hydrogens is 304 g/mol. The van der Waals surface area contributed by atoms with E-state index in [-0.39, 0.29) is 10.6 Å². The van der Waals surface area contributed by atoms with E-state index in [9.17, 15) is 10.1 Å². The van der Waals surface area contributed by atoms with Gasteiger partial charge in [0.2, 0.25) is 0 Å². The third kappa shape index (κ3) is 2.44. The van der Waals surface area contributed by atoms with Crippen LogP contribution in [0, 0.1) is 17.0 Å². The SMILES string of the molecule is Cc1nn(Cc2cccc(C3CCC3)n2)c2cccc([N+](=O)[O-])c12. The molecule has 3 aromatic rings. The summed E-state index contributed by atoms with van der Waals surface area (Å²) in [5.41, 5.74) is 3.64. The lowest BCUT2D eigenvalue weighted by Crippen LogP contribution is -2.12. The summed E-state index contributed by atoms with van der Waals surface area (Å²) in [4.78, 5) is 15.7. The normalized spacial score (nSPS) is 14.7. The molecular formula is C18H18N4O2. The van der Waals surface area contributed by atoms with Crippen molar-refractivity contribution in [1.29, 1.82) is 0 Å². The fraction of sp³-hybridized carbons (Fsp3) is 0.333. The minimum absolute atomic E-state index is 0.104. The zero-order chi connectivity index (χ0) is 16.7. The van der Waals surface area contributed by atoms with Crippen molar-refractivity contribution >= 4 is 16.6 Å². The lowest BCUT2D eigenvalue weighted by atomic mass is 9.82. The summed E-state index contributed by atoms with van der Waals surface area (Å²) in [6, 6.07) is 11.2. The summed E-state index contributed by atoms with van der Waals surface area (Å²) < 4.78 is 1.81. The van der Waals surface area contributed by atoms with Crippen LogP contribution in [0.4, 0.5) is 5.69 Å². The zero-order valence-corrected chi connectivity index (χ0v) is 13.5. The number of nitrogens with zero attached hydrogens (tertiary/aromatic N) is 4. The third-order valence-corrected chi connectivity index (χ3v) is 4.79. The molecule has 24 heavy (non-hydrogen) atoms. The van der Waals surface area contributed by atoms with Crippen LogP contribution in [-0.2, 0) is 6.54 Å². The van der Waals surface area contributed by atoms with Gasteiger partial charge < -0.3 is 0 Å². The van der Waals surface area contributed by atoms with Gasteiger partial charge in [-0.2, -0.15) is 5.10 Å². The molecule has 0 atom stereocenters. The Morgan fingerprint density at radius 2 is 2.04 bits per heavy atom. The van der Waals surface area contributed by atoms with Crippen molar-refractivity contribution in [3.8, 4) is 0 Å². The van der Waals surface area contributed by atoms with Gasteiger partial charge in [-0.25, -0.2) is 0 Å². The topological polar surface area (TPSA) is 73.8 Å². The van der Waals surface area contributed by atoms with Crippen LogP contribution < -0.4 is 0 Å². The molecule has 1 aromatic carbocycles. The molecule has 1 aliphatic rings. The van der Waals surface area contributed by atoms with Crippen LogP contribution in [0.2, 0.25) is 0 Å². The van der Waals surface area contributed by atoms with Gasteiger partial charge in [0, 0.05) is 17.7 Å². The average Bonchev–Trinajstić information content (AvgIpc) is 2.82. The Balaban J connectivity index is 1.73. The summed E-state index contributed by atoms with van der Waals surface area (Å²) in [6.07, 6.45) is 3.71. The Kier molecular flexibility index (Phi) is 3.52. The molecule has 0 N–H and O–H groups in total. The molecule has 0 spiro atoms. The van der Waals surface area contributed by atoms with Gasteiger partial charge >= 0.3 is 0 Å². The number of non-ortho nitro benzene ring substituents is 1. The fourth-order valence-electron chi connectivity index (χ4n) is 3.34. The van der Waals surface area contributed by atoms with Crippen LogP contribution in [0.15, 0.2) is 36.4 Å². The van der Waals surface area contributed by atoms with Gasteiger partial charge in [0.1, 0.15) is 5.39 Å². The number of nitro groups is 1. The van der Waals surface area contributed by atoms with Crippen molar-refractivity contribution in [2.24, 2.45) is 0 Å². The molecule has 2 heterocycles. The van der Waals surface area contributed by atoms with E-state index in [0.29, 0.717) is 23.5 Å². The number of hydrogen-bond acceptors (Lipinski definition) is 4. The summed E-state index contributed by atoms with van der Waals surface area (Å²) in [6.45, 7) is 2.33. The molecule has 6 heteroatoms. The Hall–Kier alpha value is -2.76. The maximum absolute atomic E-state index is 11.2. The maximum atomic E-state index is 11.2. The minimum atomic E-state index is -0.350. The van der Waals surface area contributed by atoms with E-state index in [0.717, 1.165) is 16.9 Å². The summed E-state index contributed by atoms with van der Waals surface area (Å²) in [5, 5.41) is 16.4. The maximum Gasteiger partial charge on any atom is 0.280 e. The van der Waals surface area contributed by atoms with Gasteiger partial charge in [-0.05, 0) is 38.0 Å². The van der Waals surface area contributed by atoms with Crippen molar-refractivity contribution in [2.45, 2.75) is 38.6 Å². The van der Waals surface area contributed by atoms with Crippen molar-refractivity contribution in [1.82, 2.24) is 14.8 Å². The Morgan fingerprint density at radius 1 is 1.25 bits per heavy atom. The second kappa shape index (κ2) is 5.70. The molecule has 4 rings (SSSR count). The number of rotatable bonds is 4. The highest BCUT2D eigenvalue weighted by Gasteiger charge is 2.21. The Bertz CT molecular complexity index is 928. The quantitative estimate of drug-likeness (QED) is 0.538. The molecule has 0 bridgehead atoms. The van der Waals surface area contributed by atoms with Crippen molar-refractivity contribution in [2.75, 3.05) is 0 Å². The van der Waals surface area contributed by atoms with Gasteiger partial charge in [-0.3, -0.25) is 19.8 Å². The van der Waals surface area contributed by atoms with Crippen molar-refractivity contribution in [3.05, 3.63) is 63.6 Å². The Morgan fingerprint density at radius 3 is 2.75 bits per heavy atom. The van der Waals surface area contributed by atoms with Crippen LogP contribution >= 0.6 is 0 Å². The predicted octanol–water partition coefficient (Wildman–Crippen LogP) is 3.96. The number of aromatic nitrogens is 3. The number of fused-ring (bicyclic) bond motifs is 1. The highest BCUT2D eigenvalue weighted by Crippen LogP contribution is 2.35. The number of benzene rings is 1. The average molecular weight is 322 g/mol. The molecule has 122 valence electrons. The fourth-order valence-corrected chi connectivity index (χ4v) is 3.34. The molecule has 0 saturated heterocycles. The molecule has 2 aromatic heterocycles. The smallest absolute Gasteiger partial charge is 0.258 e. The molecule has 0 unspecified atom stereocenters. The third-order valence-electron chi connectivity index (χ3n) is 4.79. The van der Waals surface area contributed by atoms with Gasteiger partial charge in [0.05, 0.1) is 28.4 Å². The lowest BCUT2D eigenvalue weighted by Gasteiger charge is -2.25. The van der Waals surface area contributed by atoms with Gasteiger partial charge in [-0.15, -0.1) is 0 Å². The first-order chi connectivity index (χ1) is 11.6. The highest BCUT2D eigenvalue weighted by molar-refractivity contribution is 5.90. The van der Waals surface area contributed by atoms with Gasteiger partial charge in [-0.1, -0.05) is 18.6 Å². The highest BCUT2D eigenvalue weighted by atomic mass is 16.6. The van der Waals surface area contributed by atoms with Crippen LogP contribution in [0.1, 0.15) is 42.3 Å². The van der Waals surface area contributed by atoms with Crippen molar-refractivity contribution in [3.63, 3.8) is 0 Å². The largest absolute Gasteiger partial charge is 0.280 e. The second-order valence-electron chi connectivity index (χ2n) is 6.35. The monoisotopic (exact) mass is 322 g/mol. The zero-order valence-electron chi connectivity index (χ0n) is 13.5. The van der Waals surface area contributed by atoms with Crippen LogP contribution in [-0.4, -0.2) is 19.7 Å². The van der Waals surface area contributed by atoms with Crippen molar-refractivity contribution < 1.29 is 4.92 Å². The minimum Gasteiger partial charge on any atom is -0.258 e.